The van der Waals surface area contributed by atoms with E-state index in [0.717, 1.165) is 0 Å². The van der Waals surface area contributed by atoms with Crippen LogP contribution >= 0.6 is 0 Å². The average molecular weight is 198 g/mol. The molecular weight excluding hydrogens is 184 g/mol. The number of rotatable bonds is 2. The fourth-order valence-electron chi connectivity index (χ4n) is 1.79. The van der Waals surface area contributed by atoms with Crippen molar-refractivity contribution in [1.29, 1.82) is 0 Å². The Labute approximate surface area is 82.0 Å². The van der Waals surface area contributed by atoms with E-state index in [9.17, 15) is 10.1 Å². The van der Waals surface area contributed by atoms with Gasteiger partial charge in [-0.3, -0.25) is 10.1 Å². The Bertz CT molecular complexity index is 298. The number of allylic oxidation sites excluding steroid dienone is 1. The van der Waals surface area contributed by atoms with Crippen molar-refractivity contribution in [2.24, 2.45) is 21.6 Å². The molecule has 0 saturated carbocycles. The first-order valence-corrected chi connectivity index (χ1v) is 4.36. The van der Waals surface area contributed by atoms with Crippen LogP contribution in [-0.4, -0.2) is 10.6 Å². The molecule has 1 aliphatic rings. The monoisotopic (exact) mass is 198 g/mol. The molecule has 0 spiro atoms. The van der Waals surface area contributed by atoms with Gasteiger partial charge in [-0.15, -0.1) is 0 Å². The first-order valence-electron chi connectivity index (χ1n) is 4.36. The molecule has 6 nitrogen and oxygen atoms in total. The number of hydrogen-bond acceptors (Lipinski definition) is 4. The molecule has 0 aromatic rings. The fraction of sp³-hybridized carbons (Fsp3) is 0.750. The van der Waals surface area contributed by atoms with E-state index in [4.69, 9.17) is 5.84 Å². The predicted octanol–water partition coefficient (Wildman–Crippen LogP) is 1.66. The van der Waals surface area contributed by atoms with Gasteiger partial charge >= 0.3 is 5.66 Å². The summed E-state index contributed by atoms with van der Waals surface area (Å²) in [5, 5.41) is 17.5. The lowest BCUT2D eigenvalue weighted by Crippen LogP contribution is -2.41. The molecule has 0 amide bonds. The summed E-state index contributed by atoms with van der Waals surface area (Å²) < 4.78 is 0. The second kappa shape index (κ2) is 3.36. The lowest BCUT2D eigenvalue weighted by molar-refractivity contribution is -0.573. The molecule has 0 heterocycles. The van der Waals surface area contributed by atoms with Gasteiger partial charge in [0.15, 0.2) is 0 Å². The molecule has 0 aliphatic heterocycles. The van der Waals surface area contributed by atoms with E-state index in [-0.39, 0.29) is 11.8 Å². The van der Waals surface area contributed by atoms with E-state index < -0.39 is 10.6 Å². The molecule has 1 rings (SSSR count). The number of nitrogens with zero attached hydrogens (tertiary/aromatic N) is 3. The lowest BCUT2D eigenvalue weighted by Gasteiger charge is -2.31. The van der Waals surface area contributed by atoms with Crippen LogP contribution < -0.4 is 5.84 Å². The third-order valence-electron chi connectivity index (χ3n) is 2.34. The maximum absolute atomic E-state index is 10.9. The highest BCUT2D eigenvalue weighted by molar-refractivity contribution is 5.06. The minimum Gasteiger partial charge on any atom is -0.305 e. The molecule has 2 N–H and O–H groups in total. The van der Waals surface area contributed by atoms with Crippen LogP contribution in [0.2, 0.25) is 0 Å². The predicted molar refractivity (Wildman–Crippen MR) is 50.9 cm³/mol. The molecule has 0 bridgehead atoms. The molecule has 78 valence electrons. The normalized spacial score (nSPS) is 30.7. The highest BCUT2D eigenvalue weighted by Crippen LogP contribution is 2.39. The maximum atomic E-state index is 10.9. The average Bonchev–Trinajstić information content (AvgIpc) is 2.02. The molecule has 0 saturated heterocycles. The summed E-state index contributed by atoms with van der Waals surface area (Å²) in [7, 11) is 0. The van der Waals surface area contributed by atoms with E-state index in [2.05, 4.69) is 10.3 Å². The highest BCUT2D eigenvalue weighted by atomic mass is 16.6. The zero-order valence-corrected chi connectivity index (χ0v) is 8.30. The van der Waals surface area contributed by atoms with Crippen molar-refractivity contribution < 1.29 is 4.92 Å². The van der Waals surface area contributed by atoms with Gasteiger partial charge in [0.05, 0.1) is 17.8 Å². The Balaban J connectivity index is 3.03. The molecule has 0 aromatic carbocycles. The van der Waals surface area contributed by atoms with Crippen LogP contribution in [0.4, 0.5) is 0 Å². The van der Waals surface area contributed by atoms with Crippen LogP contribution in [0.15, 0.2) is 22.5 Å². The van der Waals surface area contributed by atoms with Gasteiger partial charge in [0.25, 0.3) is 0 Å². The van der Waals surface area contributed by atoms with E-state index in [1.54, 1.807) is 6.08 Å². The Morgan fingerprint density at radius 1 is 1.57 bits per heavy atom. The van der Waals surface area contributed by atoms with Crippen molar-refractivity contribution in [3.05, 3.63) is 22.3 Å². The zero-order chi connectivity index (χ0) is 10.8. The molecule has 14 heavy (non-hydrogen) atoms. The van der Waals surface area contributed by atoms with Crippen LogP contribution in [0.3, 0.4) is 0 Å². The van der Waals surface area contributed by atoms with E-state index in [0.29, 0.717) is 6.42 Å². The van der Waals surface area contributed by atoms with Crippen molar-refractivity contribution in [3.8, 4) is 0 Å². The van der Waals surface area contributed by atoms with Gasteiger partial charge in [-0.1, -0.05) is 36.3 Å². The van der Waals surface area contributed by atoms with Crippen molar-refractivity contribution in [3.63, 3.8) is 0 Å². The third-order valence-corrected chi connectivity index (χ3v) is 2.34. The third kappa shape index (κ3) is 1.89. The van der Waals surface area contributed by atoms with Gasteiger partial charge in [-0.2, -0.15) is 0 Å². The summed E-state index contributed by atoms with van der Waals surface area (Å²) in [5.74, 6) is 4.90. The highest BCUT2D eigenvalue weighted by Gasteiger charge is 2.48. The Morgan fingerprint density at radius 2 is 2.21 bits per heavy atom. The van der Waals surface area contributed by atoms with Crippen LogP contribution in [0.5, 0.6) is 0 Å². The van der Waals surface area contributed by atoms with Gasteiger partial charge in [-0.25, -0.2) is 0 Å². The zero-order valence-electron chi connectivity index (χ0n) is 8.30. The quantitative estimate of drug-likeness (QED) is 0.240. The summed E-state index contributed by atoms with van der Waals surface area (Å²) in [4.78, 5) is 10.5. The second-order valence-corrected chi connectivity index (χ2v) is 4.23. The molecule has 1 aliphatic carbocycles. The van der Waals surface area contributed by atoms with Crippen molar-refractivity contribution in [2.45, 2.75) is 32.4 Å². The largest absolute Gasteiger partial charge is 0.335 e. The van der Waals surface area contributed by atoms with Gasteiger partial charge in [-0.05, 0) is 5.41 Å². The number of nitrogens with two attached hydrogens (primary N) is 1. The van der Waals surface area contributed by atoms with Crippen molar-refractivity contribution in [2.75, 3.05) is 0 Å². The standard InChI is InChI=1S/C8H14N4O2/c1-7(2)4-3-5-8(6-7,10-11-9)12(13)14/h3-4H,5-6H2,1-2H3,(H2,9,10). The van der Waals surface area contributed by atoms with Crippen molar-refractivity contribution in [1.82, 2.24) is 0 Å². The lowest BCUT2D eigenvalue weighted by atomic mass is 9.77. The molecular formula is C8H14N4O2. The summed E-state index contributed by atoms with van der Waals surface area (Å²) in [6.45, 7) is 3.85. The first-order chi connectivity index (χ1) is 6.42. The number of nitro groups is 1. The summed E-state index contributed by atoms with van der Waals surface area (Å²) in [6.07, 6.45) is 4.30. The molecule has 6 heteroatoms. The van der Waals surface area contributed by atoms with E-state index in [1.165, 1.54) is 0 Å². The first kappa shape index (κ1) is 10.6. The topological polar surface area (TPSA) is 93.9 Å². The van der Waals surface area contributed by atoms with Gasteiger partial charge in [0, 0.05) is 0 Å². The SMILES string of the molecule is CC1(C)C=CCC(/N=N/N)([N+](=O)[O-])C1. The van der Waals surface area contributed by atoms with Gasteiger partial charge in [0.1, 0.15) is 0 Å². The van der Waals surface area contributed by atoms with Crippen LogP contribution in [0.25, 0.3) is 0 Å². The molecule has 1 atom stereocenters. The molecule has 1 unspecified atom stereocenters. The van der Waals surface area contributed by atoms with Gasteiger partial charge in [0.2, 0.25) is 0 Å². The Kier molecular flexibility index (Phi) is 2.55. The Morgan fingerprint density at radius 3 is 2.64 bits per heavy atom. The van der Waals surface area contributed by atoms with Gasteiger partial charge < -0.3 is 5.84 Å². The molecule has 0 radical (unpaired) electrons. The minimum atomic E-state index is -1.37. The maximum Gasteiger partial charge on any atom is 0.335 e. The summed E-state index contributed by atoms with van der Waals surface area (Å²) in [6, 6.07) is 0. The molecule has 0 fully saturated rings. The van der Waals surface area contributed by atoms with Crippen LogP contribution in [0.1, 0.15) is 26.7 Å². The van der Waals surface area contributed by atoms with Crippen LogP contribution in [0, 0.1) is 15.5 Å². The second-order valence-electron chi connectivity index (χ2n) is 4.23. The van der Waals surface area contributed by atoms with Crippen LogP contribution in [-0.2, 0) is 0 Å². The van der Waals surface area contributed by atoms with E-state index in [1.807, 2.05) is 19.9 Å². The minimum absolute atomic E-state index is 0.237. The molecule has 0 aromatic heterocycles. The summed E-state index contributed by atoms with van der Waals surface area (Å²) in [5.41, 5.74) is -1.60. The Hall–Kier alpha value is -1.46. The summed E-state index contributed by atoms with van der Waals surface area (Å²) >= 11 is 0. The smallest absolute Gasteiger partial charge is 0.305 e. The number of hydrogen-bond donors (Lipinski definition) is 1. The van der Waals surface area contributed by atoms with Crippen molar-refractivity contribution >= 4 is 0 Å². The fourth-order valence-corrected chi connectivity index (χ4v) is 1.79. The van der Waals surface area contributed by atoms with E-state index >= 15 is 0 Å².